The molecule has 0 saturated carbocycles. The van der Waals surface area contributed by atoms with Gasteiger partial charge in [0.25, 0.3) is 11.5 Å². The van der Waals surface area contributed by atoms with Gasteiger partial charge in [0.1, 0.15) is 5.69 Å². The van der Waals surface area contributed by atoms with Crippen LogP contribution in [-0.4, -0.2) is 33.9 Å². The summed E-state index contributed by atoms with van der Waals surface area (Å²) in [6.07, 6.45) is 1.58. The van der Waals surface area contributed by atoms with Gasteiger partial charge in [-0.2, -0.15) is 0 Å². The summed E-state index contributed by atoms with van der Waals surface area (Å²) in [4.78, 5) is 45.6. The molecule has 0 atom stereocenters. The average Bonchev–Trinajstić information content (AvgIpc) is 2.94. The maximum atomic E-state index is 13.0. The number of hydrogen-bond donors (Lipinski definition) is 4. The Morgan fingerprint density at radius 2 is 1.68 bits per heavy atom. The molecule has 0 aliphatic rings. The number of H-pyrrole nitrogens is 1. The first-order valence-corrected chi connectivity index (χ1v) is 13.4. The molecule has 41 heavy (non-hydrogen) atoms. The largest absolute Gasteiger partial charge is 0.379 e. The Bertz CT molecular complexity index is 1600. The van der Waals surface area contributed by atoms with E-state index in [0.29, 0.717) is 29.2 Å². The molecule has 0 radical (unpaired) electrons. The van der Waals surface area contributed by atoms with E-state index in [4.69, 9.17) is 5.73 Å². The number of hydrogen-bond acceptors (Lipinski definition) is 5. The Hall–Kier alpha value is -4.92. The highest BCUT2D eigenvalue weighted by Crippen LogP contribution is 2.28. The van der Waals surface area contributed by atoms with Gasteiger partial charge in [-0.15, -0.1) is 0 Å². The van der Waals surface area contributed by atoms with Crippen LogP contribution >= 0.6 is 0 Å². The zero-order valence-corrected chi connectivity index (χ0v) is 24.0. The van der Waals surface area contributed by atoms with Gasteiger partial charge in [0.2, 0.25) is 0 Å². The Morgan fingerprint density at radius 3 is 2.32 bits per heavy atom. The van der Waals surface area contributed by atoms with E-state index in [-0.39, 0.29) is 23.4 Å². The van der Waals surface area contributed by atoms with Crippen LogP contribution in [0.2, 0.25) is 0 Å². The number of anilines is 2. The van der Waals surface area contributed by atoms with Crippen molar-refractivity contribution in [3.05, 3.63) is 111 Å². The SMILES string of the molecule is Cc1c(NC(=O)c2ccc(C(C)(C)C)cc2)cccc1-c1c[nH]c(=O)c(CNc2ccc(CN(C)C(N)=O)cc2)n1. The van der Waals surface area contributed by atoms with Gasteiger partial charge in [0.05, 0.1) is 12.2 Å². The molecule has 4 rings (SSSR count). The van der Waals surface area contributed by atoms with Gasteiger partial charge in [-0.25, -0.2) is 9.78 Å². The van der Waals surface area contributed by atoms with Crippen molar-refractivity contribution in [1.29, 1.82) is 0 Å². The van der Waals surface area contributed by atoms with Gasteiger partial charge in [-0.1, -0.05) is 57.2 Å². The van der Waals surface area contributed by atoms with Crippen molar-refractivity contribution in [3.8, 4) is 11.3 Å². The quantitative estimate of drug-likeness (QED) is 0.232. The lowest BCUT2D eigenvalue weighted by Gasteiger charge is -2.19. The first-order chi connectivity index (χ1) is 19.4. The first-order valence-electron chi connectivity index (χ1n) is 13.4. The summed E-state index contributed by atoms with van der Waals surface area (Å²) in [5.41, 5.74) is 11.7. The van der Waals surface area contributed by atoms with Crippen LogP contribution in [0.5, 0.6) is 0 Å². The number of benzene rings is 3. The third-order valence-electron chi connectivity index (χ3n) is 6.94. The predicted molar refractivity (Wildman–Crippen MR) is 163 cm³/mol. The van der Waals surface area contributed by atoms with E-state index in [1.807, 2.05) is 73.7 Å². The van der Waals surface area contributed by atoms with Gasteiger partial charge in [0, 0.05) is 42.3 Å². The number of rotatable bonds is 8. The Balaban J connectivity index is 1.48. The number of urea groups is 1. The van der Waals surface area contributed by atoms with Gasteiger partial charge in [-0.05, 0) is 59.4 Å². The van der Waals surface area contributed by atoms with Crippen LogP contribution in [0.3, 0.4) is 0 Å². The van der Waals surface area contributed by atoms with Gasteiger partial charge < -0.3 is 26.3 Å². The van der Waals surface area contributed by atoms with Crippen LogP contribution in [0.15, 0.2) is 77.7 Å². The minimum atomic E-state index is -0.494. The molecule has 212 valence electrons. The molecule has 0 aliphatic heterocycles. The summed E-state index contributed by atoms with van der Waals surface area (Å²) in [6, 6.07) is 20.3. The van der Waals surface area contributed by atoms with E-state index in [9.17, 15) is 14.4 Å². The second-order valence-electron chi connectivity index (χ2n) is 11.1. The molecule has 1 heterocycles. The summed E-state index contributed by atoms with van der Waals surface area (Å²) in [6.45, 7) is 8.93. The molecule has 9 heteroatoms. The van der Waals surface area contributed by atoms with E-state index in [0.717, 1.165) is 27.9 Å². The summed E-state index contributed by atoms with van der Waals surface area (Å²) < 4.78 is 0. The van der Waals surface area contributed by atoms with E-state index in [2.05, 4.69) is 41.4 Å². The zero-order valence-electron chi connectivity index (χ0n) is 24.0. The molecule has 0 aliphatic carbocycles. The topological polar surface area (TPSA) is 133 Å². The summed E-state index contributed by atoms with van der Waals surface area (Å²) in [5, 5.41) is 6.23. The Morgan fingerprint density at radius 1 is 1.00 bits per heavy atom. The fourth-order valence-corrected chi connectivity index (χ4v) is 4.33. The molecule has 4 aromatic rings. The highest BCUT2D eigenvalue weighted by molar-refractivity contribution is 6.05. The van der Waals surface area contributed by atoms with Crippen molar-refractivity contribution < 1.29 is 9.59 Å². The number of nitrogens with one attached hydrogen (secondary N) is 3. The molecule has 0 spiro atoms. The molecular formula is C32H36N6O3. The van der Waals surface area contributed by atoms with Crippen LogP contribution in [0.4, 0.5) is 16.2 Å². The van der Waals surface area contributed by atoms with Crippen LogP contribution in [0, 0.1) is 6.92 Å². The van der Waals surface area contributed by atoms with Crippen molar-refractivity contribution in [3.63, 3.8) is 0 Å². The van der Waals surface area contributed by atoms with E-state index in [1.165, 1.54) is 4.90 Å². The molecule has 5 N–H and O–H groups in total. The average molecular weight is 553 g/mol. The van der Waals surface area contributed by atoms with Crippen LogP contribution in [-0.2, 0) is 18.5 Å². The normalized spacial score (nSPS) is 11.1. The van der Waals surface area contributed by atoms with Crippen molar-refractivity contribution in [2.75, 3.05) is 17.7 Å². The fraction of sp³-hybridized carbons (Fsp3) is 0.250. The van der Waals surface area contributed by atoms with Crippen molar-refractivity contribution in [2.24, 2.45) is 5.73 Å². The van der Waals surface area contributed by atoms with Crippen LogP contribution < -0.4 is 21.9 Å². The first kappa shape index (κ1) is 29.1. The van der Waals surface area contributed by atoms with Gasteiger partial charge in [0.15, 0.2) is 0 Å². The third-order valence-corrected chi connectivity index (χ3v) is 6.94. The second-order valence-corrected chi connectivity index (χ2v) is 11.1. The monoisotopic (exact) mass is 552 g/mol. The lowest BCUT2D eigenvalue weighted by Crippen LogP contribution is -2.31. The zero-order chi connectivity index (χ0) is 29.7. The van der Waals surface area contributed by atoms with E-state index >= 15 is 0 Å². The third kappa shape index (κ3) is 7.19. The molecule has 0 saturated heterocycles. The molecule has 0 unspecified atom stereocenters. The second kappa shape index (κ2) is 12.1. The number of nitrogens with two attached hydrogens (primary N) is 1. The maximum Gasteiger partial charge on any atom is 0.314 e. The fourth-order valence-electron chi connectivity index (χ4n) is 4.33. The lowest BCUT2D eigenvalue weighted by atomic mass is 9.86. The van der Waals surface area contributed by atoms with Gasteiger partial charge in [-0.3, -0.25) is 9.59 Å². The number of primary amides is 1. The maximum absolute atomic E-state index is 13.0. The standard InChI is InChI=1S/C32H36N6O3/c1-20-25(7-6-8-26(20)37-29(39)22-11-13-23(14-12-22)32(2,3)4)27-17-35-30(40)28(36-27)18-34-24-15-9-21(10-16-24)19-38(5)31(33)41/h6-17,34H,18-19H2,1-5H3,(H2,33,41)(H,35,40)(H,37,39). The molecular weight excluding hydrogens is 516 g/mol. The summed E-state index contributed by atoms with van der Waals surface area (Å²) >= 11 is 0. The van der Waals surface area contributed by atoms with Gasteiger partial charge >= 0.3 is 6.03 Å². The number of nitrogens with zero attached hydrogens (tertiary/aromatic N) is 2. The highest BCUT2D eigenvalue weighted by Gasteiger charge is 2.16. The van der Waals surface area contributed by atoms with Crippen molar-refractivity contribution in [1.82, 2.24) is 14.9 Å². The summed E-state index contributed by atoms with van der Waals surface area (Å²) in [7, 11) is 1.64. The molecule has 1 aromatic heterocycles. The number of carbonyl (C=O) groups excluding carboxylic acids is 2. The molecule has 3 aromatic carbocycles. The Labute approximate surface area is 239 Å². The smallest absolute Gasteiger partial charge is 0.314 e. The van der Waals surface area contributed by atoms with Crippen LogP contribution in [0.25, 0.3) is 11.3 Å². The molecule has 0 bridgehead atoms. The predicted octanol–water partition coefficient (Wildman–Crippen LogP) is 5.42. The highest BCUT2D eigenvalue weighted by atomic mass is 16.2. The van der Waals surface area contributed by atoms with E-state index < -0.39 is 6.03 Å². The molecule has 9 nitrogen and oxygen atoms in total. The minimum Gasteiger partial charge on any atom is -0.379 e. The van der Waals surface area contributed by atoms with Crippen LogP contribution in [0.1, 0.15) is 53.5 Å². The Kier molecular flexibility index (Phi) is 8.56. The number of carbonyl (C=O) groups is 2. The molecule has 0 fully saturated rings. The lowest BCUT2D eigenvalue weighted by molar-refractivity contribution is 0.102. The summed E-state index contributed by atoms with van der Waals surface area (Å²) in [5.74, 6) is -0.197. The number of aromatic amines is 1. The number of aromatic nitrogens is 2. The van der Waals surface area contributed by atoms with E-state index in [1.54, 1.807) is 13.2 Å². The minimum absolute atomic E-state index is 0.00696. The number of amides is 3. The molecule has 3 amide bonds. The van der Waals surface area contributed by atoms with Crippen molar-refractivity contribution in [2.45, 2.75) is 46.2 Å². The van der Waals surface area contributed by atoms with Crippen molar-refractivity contribution >= 4 is 23.3 Å².